The van der Waals surface area contributed by atoms with Gasteiger partial charge in [0.25, 0.3) is 0 Å². The van der Waals surface area contributed by atoms with E-state index in [9.17, 15) is 0 Å². The van der Waals surface area contributed by atoms with E-state index in [1.165, 1.54) is 0 Å². The van der Waals surface area contributed by atoms with Gasteiger partial charge in [-0.2, -0.15) is 0 Å². The van der Waals surface area contributed by atoms with Crippen LogP contribution in [0.5, 0.6) is 5.75 Å². The molecule has 1 unspecified atom stereocenters. The van der Waals surface area contributed by atoms with Crippen molar-refractivity contribution in [3.05, 3.63) is 55.1 Å². The van der Waals surface area contributed by atoms with E-state index < -0.39 is 6.10 Å². The third-order valence-electron chi connectivity index (χ3n) is 2.60. The fourth-order valence-electron chi connectivity index (χ4n) is 1.68. The number of hydrogen-bond acceptors (Lipinski definition) is 4. The summed E-state index contributed by atoms with van der Waals surface area (Å²) in [6, 6.07) is 7.67. The minimum Gasteiger partial charge on any atom is -0.489 e. The molecule has 0 saturated heterocycles. The Morgan fingerprint density at radius 1 is 1.33 bits per heavy atom. The lowest BCUT2D eigenvalue weighted by Crippen LogP contribution is -1.97. The number of rotatable bonds is 4. The van der Waals surface area contributed by atoms with Gasteiger partial charge in [-0.25, -0.2) is 9.97 Å². The van der Waals surface area contributed by atoms with E-state index in [1.807, 2.05) is 24.3 Å². The lowest BCUT2D eigenvalue weighted by Gasteiger charge is -2.09. The lowest BCUT2D eigenvalue weighted by molar-refractivity contribution is 0.253. The molecule has 21 heavy (non-hydrogen) atoms. The fourth-order valence-corrected chi connectivity index (χ4v) is 1.68. The second-order valence-electron chi connectivity index (χ2n) is 4.34. The summed E-state index contributed by atoms with van der Waals surface area (Å²) in [5, 5.41) is 9.11. The van der Waals surface area contributed by atoms with Gasteiger partial charge in [0.05, 0.1) is 0 Å². The smallest absolute Gasteiger partial charge is 0.204 e. The first-order valence-corrected chi connectivity index (χ1v) is 6.55. The molecule has 0 aliphatic rings. The van der Waals surface area contributed by atoms with Gasteiger partial charge in [-0.05, 0) is 18.9 Å². The van der Waals surface area contributed by atoms with Crippen LogP contribution in [0.25, 0.3) is 11.1 Å². The second kappa shape index (κ2) is 7.22. The first kappa shape index (κ1) is 14.8. The SMILES string of the molecule is C=CCOc1ccccc1-c1cnc(C#CC(C)O)nc1. The van der Waals surface area contributed by atoms with Crippen molar-refractivity contribution in [2.24, 2.45) is 0 Å². The Morgan fingerprint density at radius 3 is 2.71 bits per heavy atom. The average molecular weight is 280 g/mol. The van der Waals surface area contributed by atoms with Crippen LogP contribution >= 0.6 is 0 Å². The molecule has 4 nitrogen and oxygen atoms in total. The molecule has 4 heteroatoms. The van der Waals surface area contributed by atoms with Crippen LogP contribution in [0.3, 0.4) is 0 Å². The zero-order chi connectivity index (χ0) is 15.1. The largest absolute Gasteiger partial charge is 0.489 e. The summed E-state index contributed by atoms with van der Waals surface area (Å²) < 4.78 is 5.62. The summed E-state index contributed by atoms with van der Waals surface area (Å²) in [6.45, 7) is 5.67. The fraction of sp³-hybridized carbons (Fsp3) is 0.176. The maximum atomic E-state index is 9.11. The number of nitrogens with zero attached hydrogens (tertiary/aromatic N) is 2. The van der Waals surface area contributed by atoms with E-state index in [0.29, 0.717) is 12.4 Å². The molecule has 0 spiro atoms. The van der Waals surface area contributed by atoms with Gasteiger partial charge in [0.2, 0.25) is 5.82 Å². The molecule has 1 heterocycles. The van der Waals surface area contributed by atoms with E-state index in [4.69, 9.17) is 9.84 Å². The highest BCUT2D eigenvalue weighted by Crippen LogP contribution is 2.28. The number of aliphatic hydroxyl groups excluding tert-OH is 1. The molecule has 0 fully saturated rings. The molecular weight excluding hydrogens is 264 g/mol. The van der Waals surface area contributed by atoms with Gasteiger partial charge in [0.15, 0.2) is 0 Å². The van der Waals surface area contributed by atoms with Crippen molar-refractivity contribution < 1.29 is 9.84 Å². The molecule has 1 atom stereocenters. The van der Waals surface area contributed by atoms with Crippen LogP contribution in [0, 0.1) is 11.8 Å². The third-order valence-corrected chi connectivity index (χ3v) is 2.60. The van der Waals surface area contributed by atoms with Crippen molar-refractivity contribution in [1.29, 1.82) is 0 Å². The van der Waals surface area contributed by atoms with Crippen LogP contribution in [0.4, 0.5) is 0 Å². The van der Waals surface area contributed by atoms with Gasteiger partial charge in [0.1, 0.15) is 18.5 Å². The van der Waals surface area contributed by atoms with Crippen molar-refractivity contribution in [3.63, 3.8) is 0 Å². The Labute approximate surface area is 124 Å². The molecule has 1 aromatic carbocycles. The zero-order valence-electron chi connectivity index (χ0n) is 11.8. The van der Waals surface area contributed by atoms with E-state index in [1.54, 1.807) is 25.4 Å². The molecule has 0 aliphatic carbocycles. The second-order valence-corrected chi connectivity index (χ2v) is 4.34. The van der Waals surface area contributed by atoms with E-state index >= 15 is 0 Å². The van der Waals surface area contributed by atoms with Gasteiger partial charge in [0, 0.05) is 23.5 Å². The maximum Gasteiger partial charge on any atom is 0.204 e. The number of aliphatic hydroxyl groups is 1. The van der Waals surface area contributed by atoms with Crippen LogP contribution in [0.2, 0.25) is 0 Å². The van der Waals surface area contributed by atoms with E-state index in [2.05, 4.69) is 28.4 Å². The van der Waals surface area contributed by atoms with Crippen LogP contribution in [-0.2, 0) is 0 Å². The summed E-state index contributed by atoms with van der Waals surface area (Å²) in [7, 11) is 0. The highest BCUT2D eigenvalue weighted by atomic mass is 16.5. The molecule has 0 bridgehead atoms. The summed E-state index contributed by atoms with van der Waals surface area (Å²) in [6.07, 6.45) is 4.38. The highest BCUT2D eigenvalue weighted by molar-refractivity contribution is 5.69. The Morgan fingerprint density at radius 2 is 2.05 bits per heavy atom. The van der Waals surface area contributed by atoms with Crippen molar-refractivity contribution in [2.45, 2.75) is 13.0 Å². The Kier molecular flexibility index (Phi) is 5.08. The minimum absolute atomic E-state index is 0.379. The molecule has 106 valence electrons. The van der Waals surface area contributed by atoms with Crippen molar-refractivity contribution in [1.82, 2.24) is 9.97 Å². The summed E-state index contributed by atoms with van der Waals surface area (Å²) in [5.41, 5.74) is 1.76. The normalized spacial score (nSPS) is 11.1. The molecule has 2 rings (SSSR count). The standard InChI is InChI=1S/C17H16N2O2/c1-3-10-21-16-7-5-4-6-15(16)14-11-18-17(19-12-14)9-8-13(2)20/h3-7,11-13,20H,1,10H2,2H3. The number of hydrogen-bond donors (Lipinski definition) is 1. The monoisotopic (exact) mass is 280 g/mol. The molecule has 1 aromatic heterocycles. The quantitative estimate of drug-likeness (QED) is 0.690. The number of aromatic nitrogens is 2. The molecule has 0 amide bonds. The predicted octanol–water partition coefficient (Wildman–Crippen LogP) is 2.44. The lowest BCUT2D eigenvalue weighted by atomic mass is 10.1. The topological polar surface area (TPSA) is 55.2 Å². The van der Waals surface area contributed by atoms with Crippen molar-refractivity contribution >= 4 is 0 Å². The van der Waals surface area contributed by atoms with Crippen molar-refractivity contribution in [2.75, 3.05) is 6.61 Å². The number of ether oxygens (including phenoxy) is 1. The average Bonchev–Trinajstić information content (AvgIpc) is 2.52. The molecule has 0 aliphatic heterocycles. The van der Waals surface area contributed by atoms with E-state index in [-0.39, 0.29) is 0 Å². The first-order valence-electron chi connectivity index (χ1n) is 6.55. The number of para-hydroxylation sites is 1. The van der Waals surface area contributed by atoms with Gasteiger partial charge in [-0.1, -0.05) is 36.8 Å². The number of benzene rings is 1. The molecule has 2 aromatic rings. The summed E-state index contributed by atoms with van der Waals surface area (Å²) >= 11 is 0. The minimum atomic E-state index is -0.693. The summed E-state index contributed by atoms with van der Waals surface area (Å²) in [5.74, 6) is 6.44. The van der Waals surface area contributed by atoms with Gasteiger partial charge in [-0.15, -0.1) is 0 Å². The van der Waals surface area contributed by atoms with Crippen LogP contribution in [0.15, 0.2) is 49.3 Å². The highest BCUT2D eigenvalue weighted by Gasteiger charge is 2.06. The van der Waals surface area contributed by atoms with Crippen LogP contribution in [-0.4, -0.2) is 27.8 Å². The molecule has 0 saturated carbocycles. The van der Waals surface area contributed by atoms with Crippen molar-refractivity contribution in [3.8, 4) is 28.7 Å². The van der Waals surface area contributed by atoms with Gasteiger partial charge < -0.3 is 9.84 Å². The zero-order valence-corrected chi connectivity index (χ0v) is 11.8. The first-order chi connectivity index (χ1) is 10.2. The Balaban J connectivity index is 2.27. The van der Waals surface area contributed by atoms with Crippen LogP contribution in [0.1, 0.15) is 12.7 Å². The van der Waals surface area contributed by atoms with Gasteiger partial charge >= 0.3 is 0 Å². The third kappa shape index (κ3) is 4.16. The van der Waals surface area contributed by atoms with Gasteiger partial charge in [-0.3, -0.25) is 0 Å². The van der Waals surface area contributed by atoms with Crippen LogP contribution < -0.4 is 4.74 Å². The predicted molar refractivity (Wildman–Crippen MR) is 81.7 cm³/mol. The summed E-state index contributed by atoms with van der Waals surface area (Å²) in [4.78, 5) is 8.35. The Hall–Kier alpha value is -2.64. The van der Waals surface area contributed by atoms with E-state index in [0.717, 1.165) is 16.9 Å². The molecular formula is C17H16N2O2. The molecule has 1 N–H and O–H groups in total. The molecule has 0 radical (unpaired) electrons. The Bertz CT molecular complexity index is 667. The maximum absolute atomic E-state index is 9.11.